The second-order valence-corrected chi connectivity index (χ2v) is 12.4. The normalized spacial score (nSPS) is 18.6. The monoisotopic (exact) mass is 478 g/mol. The van der Waals surface area contributed by atoms with Gasteiger partial charge in [-0.25, -0.2) is 16.8 Å². The summed E-state index contributed by atoms with van der Waals surface area (Å²) in [4.78, 5) is 0.677. The lowest BCUT2D eigenvalue weighted by atomic mass is 10.2. The SMILES string of the molecule is Cc1ccc(S(=O)(=O)N2CCCCCN(S(=O)(=O)c3ccc(C)cc3)CCCCC2)cc1. The quantitative estimate of drug-likeness (QED) is 0.655. The fourth-order valence-electron chi connectivity index (χ4n) is 3.93. The van der Waals surface area contributed by atoms with Crippen molar-refractivity contribution in [1.29, 1.82) is 0 Å². The van der Waals surface area contributed by atoms with E-state index in [0.29, 0.717) is 61.7 Å². The first-order valence-electron chi connectivity index (χ1n) is 11.3. The van der Waals surface area contributed by atoms with E-state index in [0.717, 1.165) is 24.0 Å². The minimum Gasteiger partial charge on any atom is -0.207 e. The van der Waals surface area contributed by atoms with Gasteiger partial charge in [-0.2, -0.15) is 8.61 Å². The molecule has 0 radical (unpaired) electrons. The maximum Gasteiger partial charge on any atom is 0.243 e. The van der Waals surface area contributed by atoms with Crippen molar-refractivity contribution in [3.63, 3.8) is 0 Å². The number of aryl methyl sites for hydroxylation is 2. The van der Waals surface area contributed by atoms with Crippen molar-refractivity contribution in [3.05, 3.63) is 59.7 Å². The number of nitrogens with zero attached hydrogens (tertiary/aromatic N) is 2. The van der Waals surface area contributed by atoms with Crippen LogP contribution in [0.4, 0.5) is 0 Å². The molecule has 32 heavy (non-hydrogen) atoms. The zero-order valence-electron chi connectivity index (χ0n) is 19.0. The van der Waals surface area contributed by atoms with Gasteiger partial charge < -0.3 is 0 Å². The van der Waals surface area contributed by atoms with Crippen LogP contribution >= 0.6 is 0 Å². The lowest BCUT2D eigenvalue weighted by molar-refractivity contribution is 0.347. The standard InChI is InChI=1S/C24H34N2O4S2/c1-21-9-13-23(14-10-21)31(27,28)25-17-5-3-7-19-26(20-8-4-6-18-25)32(29,30)24-15-11-22(2)12-16-24/h9-16H,3-8,17-20H2,1-2H3. The van der Waals surface area contributed by atoms with Crippen molar-refractivity contribution >= 4 is 20.0 Å². The summed E-state index contributed by atoms with van der Waals surface area (Å²) in [5.74, 6) is 0. The molecule has 2 aromatic carbocycles. The molecule has 0 aliphatic carbocycles. The summed E-state index contributed by atoms with van der Waals surface area (Å²) in [7, 11) is -7.03. The van der Waals surface area contributed by atoms with Crippen LogP contribution in [0.2, 0.25) is 0 Å². The van der Waals surface area contributed by atoms with E-state index in [-0.39, 0.29) is 0 Å². The fraction of sp³-hybridized carbons (Fsp3) is 0.500. The Morgan fingerprint density at radius 3 is 1.06 bits per heavy atom. The summed E-state index contributed by atoms with van der Waals surface area (Å²) < 4.78 is 55.7. The van der Waals surface area contributed by atoms with Gasteiger partial charge in [0.15, 0.2) is 0 Å². The zero-order valence-corrected chi connectivity index (χ0v) is 20.7. The van der Waals surface area contributed by atoms with E-state index in [4.69, 9.17) is 0 Å². The Labute approximate surface area is 193 Å². The molecule has 0 atom stereocenters. The minimum atomic E-state index is -3.51. The summed E-state index contributed by atoms with van der Waals surface area (Å²) in [6, 6.07) is 14.0. The molecule has 0 unspecified atom stereocenters. The van der Waals surface area contributed by atoms with Crippen LogP contribution in [-0.2, 0) is 20.0 Å². The summed E-state index contributed by atoms with van der Waals surface area (Å²) in [5, 5.41) is 0. The number of sulfonamides is 2. The molecule has 176 valence electrons. The number of hydrogen-bond acceptors (Lipinski definition) is 4. The first-order chi connectivity index (χ1) is 15.2. The first kappa shape index (κ1) is 24.9. The molecular formula is C24H34N2O4S2. The highest BCUT2D eigenvalue weighted by Gasteiger charge is 2.26. The van der Waals surface area contributed by atoms with Crippen molar-refractivity contribution < 1.29 is 16.8 Å². The summed E-state index contributed by atoms with van der Waals surface area (Å²) in [6.45, 7) is 5.72. The van der Waals surface area contributed by atoms with E-state index in [9.17, 15) is 16.8 Å². The smallest absolute Gasteiger partial charge is 0.207 e. The summed E-state index contributed by atoms with van der Waals surface area (Å²) in [5.41, 5.74) is 2.06. The Bertz CT molecular complexity index is 978. The third-order valence-electron chi connectivity index (χ3n) is 5.95. The first-order valence-corrected chi connectivity index (χ1v) is 14.2. The van der Waals surface area contributed by atoms with Gasteiger partial charge in [-0.1, -0.05) is 48.2 Å². The van der Waals surface area contributed by atoms with Crippen LogP contribution in [0.5, 0.6) is 0 Å². The van der Waals surface area contributed by atoms with Gasteiger partial charge in [-0.15, -0.1) is 0 Å². The third-order valence-corrected chi connectivity index (χ3v) is 9.77. The number of rotatable bonds is 4. The van der Waals surface area contributed by atoms with E-state index in [1.807, 2.05) is 38.1 Å². The molecule has 0 N–H and O–H groups in total. The highest BCUT2D eigenvalue weighted by atomic mass is 32.2. The Morgan fingerprint density at radius 1 is 0.500 bits per heavy atom. The molecule has 0 aromatic heterocycles. The second kappa shape index (κ2) is 10.9. The van der Waals surface area contributed by atoms with Crippen molar-refractivity contribution in [3.8, 4) is 0 Å². The molecule has 0 spiro atoms. The summed E-state index contributed by atoms with van der Waals surface area (Å²) >= 11 is 0. The molecule has 0 saturated carbocycles. The topological polar surface area (TPSA) is 74.8 Å². The van der Waals surface area contributed by atoms with Gasteiger partial charge in [0.2, 0.25) is 20.0 Å². The zero-order chi connectivity index (χ0) is 23.2. The minimum absolute atomic E-state index is 0.338. The lowest BCUT2D eigenvalue weighted by Gasteiger charge is -2.25. The molecule has 1 saturated heterocycles. The van der Waals surface area contributed by atoms with Gasteiger partial charge in [-0.3, -0.25) is 0 Å². The van der Waals surface area contributed by atoms with Gasteiger partial charge in [0, 0.05) is 26.2 Å². The maximum atomic E-state index is 13.1. The van der Waals surface area contributed by atoms with E-state index in [2.05, 4.69) is 0 Å². The number of hydrogen-bond donors (Lipinski definition) is 0. The van der Waals surface area contributed by atoms with E-state index >= 15 is 0 Å². The van der Waals surface area contributed by atoms with Crippen molar-refractivity contribution in [2.75, 3.05) is 26.2 Å². The largest absolute Gasteiger partial charge is 0.243 e. The average Bonchev–Trinajstić information content (AvgIpc) is 2.74. The lowest BCUT2D eigenvalue weighted by Crippen LogP contribution is -2.35. The Morgan fingerprint density at radius 2 is 0.781 bits per heavy atom. The van der Waals surface area contributed by atoms with Crippen LogP contribution in [0.3, 0.4) is 0 Å². The third kappa shape index (κ3) is 6.19. The fourth-order valence-corrected chi connectivity index (χ4v) is 6.96. The van der Waals surface area contributed by atoms with Crippen LogP contribution in [0.15, 0.2) is 58.3 Å². The molecular weight excluding hydrogens is 444 g/mol. The maximum absolute atomic E-state index is 13.1. The van der Waals surface area contributed by atoms with Crippen LogP contribution in [-0.4, -0.2) is 51.6 Å². The molecule has 0 bridgehead atoms. The number of benzene rings is 2. The van der Waals surface area contributed by atoms with Gasteiger partial charge in [0.05, 0.1) is 9.79 Å². The van der Waals surface area contributed by atoms with Crippen LogP contribution in [0, 0.1) is 13.8 Å². The van der Waals surface area contributed by atoms with E-state index in [1.54, 1.807) is 32.9 Å². The molecule has 1 aliphatic heterocycles. The predicted octanol–water partition coefficient (Wildman–Crippen LogP) is 4.34. The van der Waals surface area contributed by atoms with Gasteiger partial charge >= 0.3 is 0 Å². The van der Waals surface area contributed by atoms with Crippen LogP contribution in [0.25, 0.3) is 0 Å². The highest BCUT2D eigenvalue weighted by Crippen LogP contribution is 2.21. The Kier molecular flexibility index (Phi) is 8.49. The van der Waals surface area contributed by atoms with Crippen molar-refractivity contribution in [2.24, 2.45) is 0 Å². The molecule has 8 heteroatoms. The molecule has 6 nitrogen and oxygen atoms in total. The Balaban J connectivity index is 1.66. The molecule has 2 aromatic rings. The van der Waals surface area contributed by atoms with Gasteiger partial charge in [0.1, 0.15) is 0 Å². The van der Waals surface area contributed by atoms with E-state index < -0.39 is 20.0 Å². The molecule has 1 aliphatic rings. The van der Waals surface area contributed by atoms with Crippen molar-refractivity contribution in [2.45, 2.75) is 62.2 Å². The molecule has 3 rings (SSSR count). The predicted molar refractivity (Wildman–Crippen MR) is 128 cm³/mol. The van der Waals surface area contributed by atoms with Crippen LogP contribution in [0.1, 0.15) is 49.7 Å². The molecule has 1 heterocycles. The Hall–Kier alpha value is -1.74. The van der Waals surface area contributed by atoms with Gasteiger partial charge in [-0.05, 0) is 63.8 Å². The van der Waals surface area contributed by atoms with E-state index in [1.165, 1.54) is 0 Å². The van der Waals surface area contributed by atoms with Crippen LogP contribution < -0.4 is 0 Å². The highest BCUT2D eigenvalue weighted by molar-refractivity contribution is 7.89. The molecule has 0 amide bonds. The summed E-state index contributed by atoms with van der Waals surface area (Å²) in [6.07, 6.45) is 4.40. The van der Waals surface area contributed by atoms with Gasteiger partial charge in [0.25, 0.3) is 0 Å². The second-order valence-electron chi connectivity index (χ2n) is 8.56. The molecule has 1 fully saturated rings. The average molecular weight is 479 g/mol. The van der Waals surface area contributed by atoms with Crippen molar-refractivity contribution in [1.82, 2.24) is 8.61 Å².